The fourth-order valence-corrected chi connectivity index (χ4v) is 6.01. The number of thioether (sulfide) groups is 2. The summed E-state index contributed by atoms with van der Waals surface area (Å²) in [5, 5.41) is 18.1. The average molecular weight is 432 g/mol. The number of carbonyl (C=O) groups excluding carboxylic acids is 2. The molecule has 0 bridgehead atoms. The summed E-state index contributed by atoms with van der Waals surface area (Å²) < 4.78 is 0. The summed E-state index contributed by atoms with van der Waals surface area (Å²) in [6.45, 7) is 7.95. The Labute approximate surface area is 178 Å². The predicted molar refractivity (Wildman–Crippen MR) is 118 cm³/mol. The Bertz CT molecular complexity index is 533. The molecule has 2 fully saturated rings. The number of hydrogen-bond donors (Lipinski definition) is 3. The third-order valence-corrected chi connectivity index (χ3v) is 7.51. The minimum atomic E-state index is -0.493. The van der Waals surface area contributed by atoms with Gasteiger partial charge in [0, 0.05) is 23.0 Å². The lowest BCUT2D eigenvalue weighted by Gasteiger charge is -2.51. The summed E-state index contributed by atoms with van der Waals surface area (Å²) in [5.41, 5.74) is -0.838. The molecule has 2 aliphatic heterocycles. The zero-order valence-corrected chi connectivity index (χ0v) is 19.5. The van der Waals surface area contributed by atoms with Crippen molar-refractivity contribution in [2.24, 2.45) is 5.92 Å². The largest absolute Gasteiger partial charge is 0.351 e. The molecule has 1 atom stereocenters. The molecule has 0 saturated carbocycles. The molecule has 2 aliphatic rings. The van der Waals surface area contributed by atoms with Crippen LogP contribution in [-0.4, -0.2) is 68.8 Å². The van der Waals surface area contributed by atoms with Gasteiger partial charge in [0.15, 0.2) is 0 Å². The van der Waals surface area contributed by atoms with Crippen molar-refractivity contribution in [3.05, 3.63) is 0 Å². The Morgan fingerprint density at radius 1 is 1.18 bits per heavy atom. The van der Waals surface area contributed by atoms with Gasteiger partial charge in [-0.3, -0.25) is 9.59 Å². The van der Waals surface area contributed by atoms with Crippen LogP contribution in [-0.2, 0) is 9.59 Å². The monoisotopic (exact) mass is 431 g/mol. The number of rotatable bonds is 7. The molecule has 2 heterocycles. The van der Waals surface area contributed by atoms with Crippen LogP contribution in [0.15, 0.2) is 0 Å². The van der Waals surface area contributed by atoms with Gasteiger partial charge in [-0.05, 0) is 83.3 Å². The number of hydrogen-bond acceptors (Lipinski definition) is 6. The van der Waals surface area contributed by atoms with Crippen LogP contribution in [0.2, 0.25) is 0 Å². The molecule has 1 unspecified atom stereocenters. The second kappa shape index (κ2) is 10.0. The smallest absolute Gasteiger partial charge is 0.242 e. The first-order valence-electron chi connectivity index (χ1n) is 10.2. The fourth-order valence-electron chi connectivity index (χ4n) is 4.43. The molecule has 2 amide bonds. The molecule has 0 aromatic rings. The maximum absolute atomic E-state index is 13.0. The summed E-state index contributed by atoms with van der Waals surface area (Å²) in [7, 11) is 0. The van der Waals surface area contributed by atoms with Crippen LogP contribution in [0, 0.1) is 5.92 Å². The first-order valence-corrected chi connectivity index (χ1v) is 12.8. The van der Waals surface area contributed by atoms with Gasteiger partial charge in [-0.2, -0.15) is 28.6 Å². The number of piperidine rings is 1. The average Bonchev–Trinajstić information content (AvgIpc) is 2.63. The number of hydroxylamine groups is 2. The SMILES string of the molecule is CSCCC(NC(=O)C1CCSCC1)C(=O)NC1CC(C)(C)N(O)C(C)(C)C1. The molecule has 0 aromatic heterocycles. The molecule has 0 aliphatic carbocycles. The van der Waals surface area contributed by atoms with Gasteiger partial charge in [0.05, 0.1) is 0 Å². The maximum Gasteiger partial charge on any atom is 0.242 e. The highest BCUT2D eigenvalue weighted by atomic mass is 32.2. The van der Waals surface area contributed by atoms with Crippen molar-refractivity contribution in [2.45, 2.75) is 83.0 Å². The molecule has 0 spiro atoms. The first-order chi connectivity index (χ1) is 13.1. The lowest BCUT2D eigenvalue weighted by atomic mass is 9.79. The van der Waals surface area contributed by atoms with E-state index < -0.39 is 17.1 Å². The van der Waals surface area contributed by atoms with Crippen LogP contribution in [0.25, 0.3) is 0 Å². The van der Waals surface area contributed by atoms with Gasteiger partial charge in [-0.25, -0.2) is 0 Å². The molecule has 8 heteroatoms. The van der Waals surface area contributed by atoms with Gasteiger partial charge in [0.25, 0.3) is 0 Å². The molecule has 6 nitrogen and oxygen atoms in total. The van der Waals surface area contributed by atoms with Crippen molar-refractivity contribution in [1.29, 1.82) is 0 Å². The third kappa shape index (κ3) is 6.28. The van der Waals surface area contributed by atoms with E-state index in [0.29, 0.717) is 19.3 Å². The van der Waals surface area contributed by atoms with Gasteiger partial charge in [-0.1, -0.05) is 0 Å². The van der Waals surface area contributed by atoms with E-state index in [1.54, 1.807) is 11.8 Å². The van der Waals surface area contributed by atoms with E-state index in [0.717, 1.165) is 30.1 Å². The molecule has 28 heavy (non-hydrogen) atoms. The predicted octanol–water partition coefficient (Wildman–Crippen LogP) is 2.89. The highest BCUT2D eigenvalue weighted by Crippen LogP contribution is 2.36. The summed E-state index contributed by atoms with van der Waals surface area (Å²) in [6.07, 6.45) is 5.77. The van der Waals surface area contributed by atoms with E-state index in [1.807, 2.05) is 45.7 Å². The van der Waals surface area contributed by atoms with Gasteiger partial charge in [0.1, 0.15) is 6.04 Å². The van der Waals surface area contributed by atoms with Crippen LogP contribution < -0.4 is 10.6 Å². The van der Waals surface area contributed by atoms with Gasteiger partial charge < -0.3 is 15.8 Å². The van der Waals surface area contributed by atoms with Crippen molar-refractivity contribution in [3.63, 3.8) is 0 Å². The standard InChI is InChI=1S/C20H37N3O3S2/c1-19(2)12-15(13-20(3,4)23(19)26)21-18(25)16(8-9-27-5)22-17(24)14-6-10-28-11-7-14/h14-16,26H,6-13H2,1-5H3,(H,21,25)(H,22,24). The second-order valence-electron chi connectivity index (χ2n) is 9.28. The quantitative estimate of drug-likeness (QED) is 0.575. The Hall–Kier alpha value is -0.440. The van der Waals surface area contributed by atoms with Gasteiger partial charge >= 0.3 is 0 Å². The molecule has 2 saturated heterocycles. The normalized spacial score (nSPS) is 24.5. The van der Waals surface area contributed by atoms with E-state index in [-0.39, 0.29) is 23.8 Å². The molecule has 2 rings (SSSR count). The van der Waals surface area contributed by atoms with Crippen LogP contribution in [0.4, 0.5) is 0 Å². The fraction of sp³-hybridized carbons (Fsp3) is 0.900. The molecular formula is C20H37N3O3S2. The van der Waals surface area contributed by atoms with E-state index >= 15 is 0 Å². The third-order valence-electron chi connectivity index (χ3n) is 5.82. The van der Waals surface area contributed by atoms with Crippen molar-refractivity contribution in [2.75, 3.05) is 23.5 Å². The number of nitrogens with zero attached hydrogens (tertiary/aromatic N) is 1. The highest BCUT2D eigenvalue weighted by molar-refractivity contribution is 7.99. The maximum atomic E-state index is 13.0. The molecule has 162 valence electrons. The molecular weight excluding hydrogens is 394 g/mol. The first kappa shape index (κ1) is 23.8. The Morgan fingerprint density at radius 3 is 2.29 bits per heavy atom. The lowest BCUT2D eigenvalue weighted by Crippen LogP contribution is -2.64. The van der Waals surface area contributed by atoms with E-state index in [2.05, 4.69) is 10.6 Å². The van der Waals surface area contributed by atoms with Gasteiger partial charge in [-0.15, -0.1) is 0 Å². The lowest BCUT2D eigenvalue weighted by molar-refractivity contribution is -0.246. The topological polar surface area (TPSA) is 81.7 Å². The molecule has 0 aromatic carbocycles. The second-order valence-corrected chi connectivity index (χ2v) is 11.5. The number of nitrogens with one attached hydrogen (secondary N) is 2. The van der Waals surface area contributed by atoms with Crippen LogP contribution in [0.5, 0.6) is 0 Å². The van der Waals surface area contributed by atoms with Crippen molar-refractivity contribution >= 4 is 35.3 Å². The Kier molecular flexibility index (Phi) is 8.55. The van der Waals surface area contributed by atoms with E-state index in [4.69, 9.17) is 0 Å². The van der Waals surface area contributed by atoms with E-state index in [1.165, 1.54) is 5.06 Å². The summed E-state index contributed by atoms with van der Waals surface area (Å²) in [5.74, 6) is 2.81. The molecule has 0 radical (unpaired) electrons. The van der Waals surface area contributed by atoms with Crippen molar-refractivity contribution < 1.29 is 14.8 Å². The van der Waals surface area contributed by atoms with Crippen molar-refractivity contribution in [3.8, 4) is 0 Å². The number of amides is 2. The highest BCUT2D eigenvalue weighted by Gasteiger charge is 2.45. The summed E-state index contributed by atoms with van der Waals surface area (Å²) in [4.78, 5) is 25.7. The summed E-state index contributed by atoms with van der Waals surface area (Å²) >= 11 is 3.57. The van der Waals surface area contributed by atoms with E-state index in [9.17, 15) is 14.8 Å². The Morgan fingerprint density at radius 2 is 1.75 bits per heavy atom. The Balaban J connectivity index is 2.00. The number of carbonyl (C=O) groups is 2. The zero-order chi connectivity index (χ0) is 20.9. The van der Waals surface area contributed by atoms with Gasteiger partial charge in [0.2, 0.25) is 11.8 Å². The zero-order valence-electron chi connectivity index (χ0n) is 17.9. The minimum Gasteiger partial charge on any atom is -0.351 e. The van der Waals surface area contributed by atoms with Crippen LogP contribution in [0.3, 0.4) is 0 Å². The summed E-state index contributed by atoms with van der Waals surface area (Å²) in [6, 6.07) is -0.520. The van der Waals surface area contributed by atoms with Crippen LogP contribution >= 0.6 is 23.5 Å². The van der Waals surface area contributed by atoms with Crippen LogP contribution in [0.1, 0.15) is 59.8 Å². The van der Waals surface area contributed by atoms with Crippen molar-refractivity contribution in [1.82, 2.24) is 15.7 Å². The minimum absolute atomic E-state index is 0.0207. The molecule has 3 N–H and O–H groups in total.